The summed E-state index contributed by atoms with van der Waals surface area (Å²) in [6, 6.07) is 7.97. The van der Waals surface area contributed by atoms with Gasteiger partial charge in [-0.1, -0.05) is 76.6 Å². The fourth-order valence-electron chi connectivity index (χ4n) is 4.41. The van der Waals surface area contributed by atoms with E-state index in [-0.39, 0.29) is 27.9 Å². The van der Waals surface area contributed by atoms with E-state index >= 15 is 0 Å². The number of rotatable bonds is 13. The number of carbonyl (C=O) groups is 4. The van der Waals surface area contributed by atoms with Crippen molar-refractivity contribution in [2.75, 3.05) is 4.90 Å². The van der Waals surface area contributed by atoms with E-state index in [4.69, 9.17) is 0 Å². The molecule has 0 bridgehead atoms. The number of hydrogen-bond acceptors (Lipinski definition) is 4. The summed E-state index contributed by atoms with van der Waals surface area (Å²) in [7, 11) is 0. The van der Waals surface area contributed by atoms with Crippen LogP contribution < -0.4 is 4.90 Å². The van der Waals surface area contributed by atoms with E-state index in [1.54, 1.807) is 12.1 Å². The lowest BCUT2D eigenvalue weighted by molar-refractivity contribution is 0.0695. The number of aromatic carboxylic acids is 2. The molecule has 3 rings (SSSR count). The molecule has 0 aromatic heterocycles. The largest absolute Gasteiger partial charge is 0.478 e. The minimum absolute atomic E-state index is 0.0999. The van der Waals surface area contributed by atoms with Gasteiger partial charge in [0.05, 0.1) is 27.9 Å². The van der Waals surface area contributed by atoms with Gasteiger partial charge in [0, 0.05) is 12.0 Å². The first-order valence-corrected chi connectivity index (χ1v) is 13.0. The molecule has 2 aromatic rings. The molecule has 1 aliphatic heterocycles. The van der Waals surface area contributed by atoms with Gasteiger partial charge in [0.25, 0.3) is 11.8 Å². The van der Waals surface area contributed by atoms with Gasteiger partial charge >= 0.3 is 11.9 Å². The van der Waals surface area contributed by atoms with Crippen LogP contribution in [0.1, 0.15) is 125 Å². The summed E-state index contributed by atoms with van der Waals surface area (Å²) in [4.78, 5) is 49.7. The average Bonchev–Trinajstić information content (AvgIpc) is 3.13. The average molecular weight is 504 g/mol. The summed E-state index contributed by atoms with van der Waals surface area (Å²) >= 11 is 0. The molecule has 7 heteroatoms. The molecule has 7 nitrogen and oxygen atoms in total. The van der Waals surface area contributed by atoms with Crippen molar-refractivity contribution in [2.45, 2.75) is 77.6 Å². The Morgan fingerprint density at radius 3 is 1.84 bits per heavy atom. The lowest BCUT2D eigenvalue weighted by Gasteiger charge is -2.15. The van der Waals surface area contributed by atoms with E-state index in [1.165, 1.54) is 57.4 Å². The van der Waals surface area contributed by atoms with Gasteiger partial charge in [-0.15, -0.1) is 0 Å². The normalized spacial score (nSPS) is 12.3. The predicted molar refractivity (Wildman–Crippen MR) is 141 cm³/mol. The van der Waals surface area contributed by atoms with E-state index in [0.29, 0.717) is 5.56 Å². The molecule has 37 heavy (non-hydrogen) atoms. The van der Waals surface area contributed by atoms with Crippen LogP contribution in [0.3, 0.4) is 0 Å². The third kappa shape index (κ3) is 7.29. The SMILES string of the molecule is CCCCCCCCCCCCC#Cc1ccc2c(c1)C(=O)N(c1cc(C(=O)O)cc(C(=O)O)c1)C2=O. The molecule has 1 aliphatic rings. The van der Waals surface area contributed by atoms with Gasteiger partial charge in [0.2, 0.25) is 0 Å². The Morgan fingerprint density at radius 2 is 1.27 bits per heavy atom. The standard InChI is InChI=1S/C30H33NO6/c1-2-3-4-5-6-7-8-9-10-11-12-13-14-21-15-16-25-26(17-21)28(33)31(27(25)32)24-19-22(29(34)35)18-23(20-24)30(36)37/h15-20H,2-12H2,1H3,(H,34,35)(H,36,37). The van der Waals surface area contributed by atoms with Gasteiger partial charge in [0.1, 0.15) is 0 Å². The van der Waals surface area contributed by atoms with E-state index in [0.717, 1.165) is 42.4 Å². The van der Waals surface area contributed by atoms with Gasteiger partial charge in [-0.05, 0) is 42.8 Å². The van der Waals surface area contributed by atoms with Crippen LogP contribution >= 0.6 is 0 Å². The molecule has 2 aromatic carbocycles. The highest BCUT2D eigenvalue weighted by atomic mass is 16.4. The Labute approximate surface area is 217 Å². The summed E-state index contributed by atoms with van der Waals surface area (Å²) < 4.78 is 0. The van der Waals surface area contributed by atoms with Crippen LogP contribution in [0.25, 0.3) is 0 Å². The number of carboxylic acid groups (broad SMARTS) is 2. The van der Waals surface area contributed by atoms with E-state index < -0.39 is 23.8 Å². The van der Waals surface area contributed by atoms with Gasteiger partial charge in [0.15, 0.2) is 0 Å². The zero-order chi connectivity index (χ0) is 26.8. The van der Waals surface area contributed by atoms with Crippen molar-refractivity contribution in [1.82, 2.24) is 0 Å². The van der Waals surface area contributed by atoms with Gasteiger partial charge in [-0.2, -0.15) is 0 Å². The molecule has 0 saturated carbocycles. The second-order valence-corrected chi connectivity index (χ2v) is 9.32. The molecule has 0 atom stereocenters. The minimum Gasteiger partial charge on any atom is -0.478 e. The smallest absolute Gasteiger partial charge is 0.335 e. The molecule has 0 aliphatic carbocycles. The molecule has 0 saturated heterocycles. The van der Waals surface area contributed by atoms with E-state index in [9.17, 15) is 29.4 Å². The van der Waals surface area contributed by atoms with Crippen molar-refractivity contribution < 1.29 is 29.4 Å². The Kier molecular flexibility index (Phi) is 10.0. The van der Waals surface area contributed by atoms with Crippen molar-refractivity contribution in [2.24, 2.45) is 0 Å². The van der Waals surface area contributed by atoms with Gasteiger partial charge in [-0.3, -0.25) is 9.59 Å². The second-order valence-electron chi connectivity index (χ2n) is 9.32. The number of benzene rings is 2. The predicted octanol–water partition coefficient (Wildman–Crippen LogP) is 6.55. The lowest BCUT2D eigenvalue weighted by Crippen LogP contribution is -2.29. The molecule has 2 amide bonds. The quantitative estimate of drug-likeness (QED) is 0.182. The Morgan fingerprint density at radius 1 is 0.730 bits per heavy atom. The van der Waals surface area contributed by atoms with Gasteiger partial charge in [-0.25, -0.2) is 14.5 Å². The van der Waals surface area contributed by atoms with Crippen LogP contribution in [-0.4, -0.2) is 34.0 Å². The highest BCUT2D eigenvalue weighted by Crippen LogP contribution is 2.30. The maximum Gasteiger partial charge on any atom is 0.335 e. The maximum atomic E-state index is 13.1. The van der Waals surface area contributed by atoms with Crippen molar-refractivity contribution in [3.05, 3.63) is 64.2 Å². The van der Waals surface area contributed by atoms with E-state index in [2.05, 4.69) is 18.8 Å². The van der Waals surface area contributed by atoms with Crippen LogP contribution in [0.5, 0.6) is 0 Å². The number of anilines is 1. The number of nitrogens with zero attached hydrogens (tertiary/aromatic N) is 1. The van der Waals surface area contributed by atoms with E-state index in [1.807, 2.05) is 0 Å². The highest BCUT2D eigenvalue weighted by Gasteiger charge is 2.37. The molecular formula is C30H33NO6. The third-order valence-electron chi connectivity index (χ3n) is 6.44. The van der Waals surface area contributed by atoms with Crippen molar-refractivity contribution in [3.63, 3.8) is 0 Å². The minimum atomic E-state index is -1.36. The molecule has 1 heterocycles. The fourth-order valence-corrected chi connectivity index (χ4v) is 4.41. The zero-order valence-electron chi connectivity index (χ0n) is 21.2. The van der Waals surface area contributed by atoms with Crippen LogP contribution in [0.4, 0.5) is 5.69 Å². The topological polar surface area (TPSA) is 112 Å². The van der Waals surface area contributed by atoms with Crippen molar-refractivity contribution in [1.29, 1.82) is 0 Å². The van der Waals surface area contributed by atoms with Crippen molar-refractivity contribution >= 4 is 29.4 Å². The number of fused-ring (bicyclic) bond motifs is 1. The third-order valence-corrected chi connectivity index (χ3v) is 6.44. The fraction of sp³-hybridized carbons (Fsp3) is 0.400. The number of imide groups is 1. The molecule has 2 N–H and O–H groups in total. The first-order chi connectivity index (χ1) is 17.8. The molecular weight excluding hydrogens is 470 g/mol. The monoisotopic (exact) mass is 503 g/mol. The molecule has 0 fully saturated rings. The maximum absolute atomic E-state index is 13.1. The summed E-state index contributed by atoms with van der Waals surface area (Å²) in [5.41, 5.74) is 0.183. The molecule has 194 valence electrons. The zero-order valence-corrected chi connectivity index (χ0v) is 21.2. The molecule has 0 unspecified atom stereocenters. The van der Waals surface area contributed by atoms with Crippen LogP contribution in [-0.2, 0) is 0 Å². The van der Waals surface area contributed by atoms with Gasteiger partial charge < -0.3 is 10.2 Å². The Bertz CT molecular complexity index is 1200. The second kappa shape index (κ2) is 13.4. The number of carbonyl (C=O) groups excluding carboxylic acids is 2. The Balaban J connectivity index is 1.58. The number of carboxylic acids is 2. The summed E-state index contributed by atoms with van der Waals surface area (Å²) in [5.74, 6) is 2.19. The molecule has 0 radical (unpaired) electrons. The number of amides is 2. The van der Waals surface area contributed by atoms with Crippen molar-refractivity contribution in [3.8, 4) is 11.8 Å². The number of unbranched alkanes of at least 4 members (excludes halogenated alkanes) is 10. The van der Waals surface area contributed by atoms with Crippen LogP contribution in [0.15, 0.2) is 36.4 Å². The van der Waals surface area contributed by atoms with Crippen LogP contribution in [0.2, 0.25) is 0 Å². The molecule has 0 spiro atoms. The highest BCUT2D eigenvalue weighted by molar-refractivity contribution is 6.34. The Hall–Kier alpha value is -3.92. The lowest BCUT2D eigenvalue weighted by atomic mass is 10.0. The summed E-state index contributed by atoms with van der Waals surface area (Å²) in [6.07, 6.45) is 13.3. The first-order valence-electron chi connectivity index (χ1n) is 13.0. The van der Waals surface area contributed by atoms with Crippen LogP contribution in [0, 0.1) is 11.8 Å². The summed E-state index contributed by atoms with van der Waals surface area (Å²) in [5, 5.41) is 18.6. The first kappa shape index (κ1) is 27.7. The summed E-state index contributed by atoms with van der Waals surface area (Å²) in [6.45, 7) is 2.23. The number of hydrogen-bond donors (Lipinski definition) is 2.